The lowest BCUT2D eigenvalue weighted by molar-refractivity contribution is -0.116. The number of carbonyl (C=O) groups excluding carboxylic acids is 3. The molecule has 4 rings (SSSR count). The fraction of sp³-hybridized carbons (Fsp3) is 0.158. The normalized spacial score (nSPS) is 12.8. The molecule has 1 N–H and O–H groups in total. The molecule has 1 amide bonds. The number of esters is 1. The topological polar surface area (TPSA) is 116 Å². The maximum absolute atomic E-state index is 12.5. The Hall–Kier alpha value is -3.88. The number of tetrazole rings is 1. The number of hydrogen-bond acceptors (Lipinski definition) is 7. The van der Waals surface area contributed by atoms with E-state index in [0.29, 0.717) is 29.8 Å². The molecule has 1 aliphatic rings. The van der Waals surface area contributed by atoms with Crippen molar-refractivity contribution in [2.75, 3.05) is 11.9 Å². The SMILES string of the molecule is O=C1CCc2cc(C(=O)COC(=O)c3ccccc3-n3cnnn3)ccc2N1. The molecular weight excluding hydrogens is 362 g/mol. The van der Waals surface area contributed by atoms with Crippen LogP contribution in [0.3, 0.4) is 0 Å². The number of nitrogens with zero attached hydrogens (tertiary/aromatic N) is 4. The van der Waals surface area contributed by atoms with Crippen LogP contribution in [0.2, 0.25) is 0 Å². The number of ether oxygens (including phenoxy) is 1. The largest absolute Gasteiger partial charge is 0.454 e. The van der Waals surface area contributed by atoms with Crippen molar-refractivity contribution in [3.63, 3.8) is 0 Å². The molecule has 1 aromatic heterocycles. The van der Waals surface area contributed by atoms with Crippen molar-refractivity contribution in [3.8, 4) is 5.69 Å². The molecular formula is C19H15N5O4. The Morgan fingerprint density at radius 1 is 1.14 bits per heavy atom. The Morgan fingerprint density at radius 2 is 2.00 bits per heavy atom. The summed E-state index contributed by atoms with van der Waals surface area (Å²) in [6.07, 6.45) is 2.32. The molecule has 3 aromatic rings. The van der Waals surface area contributed by atoms with Gasteiger partial charge in [-0.25, -0.2) is 4.79 Å². The van der Waals surface area contributed by atoms with Gasteiger partial charge in [0.05, 0.1) is 11.3 Å². The highest BCUT2D eigenvalue weighted by molar-refractivity contribution is 6.01. The number of amides is 1. The van der Waals surface area contributed by atoms with Gasteiger partial charge in [0.25, 0.3) is 0 Å². The summed E-state index contributed by atoms with van der Waals surface area (Å²) in [5.41, 5.74) is 2.72. The lowest BCUT2D eigenvalue weighted by Crippen LogP contribution is -2.20. The molecule has 0 saturated heterocycles. The van der Waals surface area contributed by atoms with Crippen LogP contribution < -0.4 is 5.32 Å². The van der Waals surface area contributed by atoms with Gasteiger partial charge in [-0.2, -0.15) is 4.68 Å². The summed E-state index contributed by atoms with van der Waals surface area (Å²) in [5.74, 6) is -1.01. The van der Waals surface area contributed by atoms with Gasteiger partial charge in [0, 0.05) is 17.7 Å². The third kappa shape index (κ3) is 3.50. The van der Waals surface area contributed by atoms with Gasteiger partial charge in [-0.15, -0.1) is 5.10 Å². The Morgan fingerprint density at radius 3 is 2.82 bits per heavy atom. The van der Waals surface area contributed by atoms with Crippen LogP contribution in [0, 0.1) is 0 Å². The summed E-state index contributed by atoms with van der Waals surface area (Å²) in [6.45, 7) is -0.395. The predicted octanol–water partition coefficient (Wildman–Crippen LogP) is 1.59. The zero-order valence-electron chi connectivity index (χ0n) is 14.7. The molecule has 1 aliphatic heterocycles. The average molecular weight is 377 g/mol. The van der Waals surface area contributed by atoms with Gasteiger partial charge in [-0.05, 0) is 52.7 Å². The Kier molecular flexibility index (Phi) is 4.63. The minimum Gasteiger partial charge on any atom is -0.454 e. The molecule has 0 spiro atoms. The number of carbonyl (C=O) groups is 3. The van der Waals surface area contributed by atoms with Crippen LogP contribution in [-0.4, -0.2) is 44.5 Å². The minimum atomic E-state index is -0.648. The van der Waals surface area contributed by atoms with Crippen molar-refractivity contribution in [2.45, 2.75) is 12.8 Å². The first-order valence-corrected chi connectivity index (χ1v) is 8.57. The van der Waals surface area contributed by atoms with E-state index in [1.807, 2.05) is 0 Å². The Balaban J connectivity index is 1.46. The summed E-state index contributed by atoms with van der Waals surface area (Å²) in [4.78, 5) is 36.3. The van der Waals surface area contributed by atoms with E-state index < -0.39 is 12.6 Å². The van der Waals surface area contributed by atoms with E-state index in [4.69, 9.17) is 4.74 Å². The summed E-state index contributed by atoms with van der Waals surface area (Å²) in [5, 5.41) is 13.6. The quantitative estimate of drug-likeness (QED) is 0.530. The van der Waals surface area contributed by atoms with Crippen molar-refractivity contribution in [3.05, 3.63) is 65.5 Å². The molecule has 0 radical (unpaired) electrons. The summed E-state index contributed by atoms with van der Waals surface area (Å²) >= 11 is 0. The van der Waals surface area contributed by atoms with E-state index in [-0.39, 0.29) is 17.3 Å². The van der Waals surface area contributed by atoms with Crippen LogP contribution in [-0.2, 0) is 16.0 Å². The smallest absolute Gasteiger partial charge is 0.340 e. The molecule has 9 nitrogen and oxygen atoms in total. The molecule has 9 heteroatoms. The van der Waals surface area contributed by atoms with Gasteiger partial charge >= 0.3 is 5.97 Å². The maximum atomic E-state index is 12.5. The third-order valence-electron chi connectivity index (χ3n) is 4.38. The first-order chi connectivity index (χ1) is 13.6. The number of rotatable bonds is 5. The van der Waals surface area contributed by atoms with Crippen molar-refractivity contribution in [1.29, 1.82) is 0 Å². The van der Waals surface area contributed by atoms with E-state index in [9.17, 15) is 14.4 Å². The lowest BCUT2D eigenvalue weighted by Gasteiger charge is -2.17. The van der Waals surface area contributed by atoms with E-state index in [1.54, 1.807) is 42.5 Å². The molecule has 28 heavy (non-hydrogen) atoms. The third-order valence-corrected chi connectivity index (χ3v) is 4.38. The lowest BCUT2D eigenvalue weighted by atomic mass is 9.99. The van der Waals surface area contributed by atoms with E-state index in [0.717, 1.165) is 5.56 Å². The minimum absolute atomic E-state index is 0.0400. The van der Waals surface area contributed by atoms with Crippen LogP contribution in [0.4, 0.5) is 5.69 Å². The summed E-state index contributed by atoms with van der Waals surface area (Å²) in [6, 6.07) is 11.7. The van der Waals surface area contributed by atoms with Gasteiger partial charge in [0.1, 0.15) is 6.33 Å². The number of hydrogen-bond donors (Lipinski definition) is 1. The van der Waals surface area contributed by atoms with E-state index >= 15 is 0 Å². The number of fused-ring (bicyclic) bond motifs is 1. The fourth-order valence-corrected chi connectivity index (χ4v) is 2.97. The molecule has 0 unspecified atom stereocenters. The average Bonchev–Trinajstić information content (AvgIpc) is 3.26. The number of anilines is 1. The summed E-state index contributed by atoms with van der Waals surface area (Å²) in [7, 11) is 0. The second-order valence-electron chi connectivity index (χ2n) is 6.19. The fourth-order valence-electron chi connectivity index (χ4n) is 2.97. The molecule has 0 saturated carbocycles. The van der Waals surface area contributed by atoms with Crippen LogP contribution in [0.25, 0.3) is 5.69 Å². The zero-order chi connectivity index (χ0) is 19.5. The van der Waals surface area contributed by atoms with Crippen LogP contribution in [0.5, 0.6) is 0 Å². The van der Waals surface area contributed by atoms with Gasteiger partial charge in [-0.3, -0.25) is 9.59 Å². The number of aryl methyl sites for hydroxylation is 1. The van der Waals surface area contributed by atoms with Crippen LogP contribution in [0.1, 0.15) is 32.7 Å². The van der Waals surface area contributed by atoms with Gasteiger partial charge in [0.15, 0.2) is 12.4 Å². The molecule has 0 atom stereocenters. The van der Waals surface area contributed by atoms with Crippen molar-refractivity contribution >= 4 is 23.3 Å². The van der Waals surface area contributed by atoms with Crippen LogP contribution >= 0.6 is 0 Å². The molecule has 2 heterocycles. The standard InChI is InChI=1S/C19H15N5O4/c25-17(13-5-7-15-12(9-13)6-8-18(26)21-15)10-28-19(27)14-3-1-2-4-16(14)24-11-20-22-23-24/h1-5,7,9,11H,6,8,10H2,(H,21,26). The maximum Gasteiger partial charge on any atom is 0.340 e. The number of nitrogens with one attached hydrogen (secondary N) is 1. The van der Waals surface area contributed by atoms with Crippen molar-refractivity contribution < 1.29 is 19.1 Å². The number of benzene rings is 2. The molecule has 2 aromatic carbocycles. The number of ketones is 1. The second-order valence-corrected chi connectivity index (χ2v) is 6.19. The van der Waals surface area contributed by atoms with Crippen molar-refractivity contribution in [2.24, 2.45) is 0 Å². The Bertz CT molecular complexity index is 1060. The highest BCUT2D eigenvalue weighted by Crippen LogP contribution is 2.24. The molecule has 0 fully saturated rings. The predicted molar refractivity (Wildman–Crippen MR) is 97.2 cm³/mol. The molecule has 0 bridgehead atoms. The monoisotopic (exact) mass is 377 g/mol. The van der Waals surface area contributed by atoms with Gasteiger partial charge in [-0.1, -0.05) is 12.1 Å². The van der Waals surface area contributed by atoms with Gasteiger partial charge < -0.3 is 10.1 Å². The zero-order valence-corrected chi connectivity index (χ0v) is 14.7. The molecule has 0 aliphatic carbocycles. The van der Waals surface area contributed by atoms with Crippen LogP contribution in [0.15, 0.2) is 48.8 Å². The van der Waals surface area contributed by atoms with E-state index in [1.165, 1.54) is 11.0 Å². The van der Waals surface area contributed by atoms with E-state index in [2.05, 4.69) is 20.8 Å². The number of Topliss-reactive ketones (excluding diaryl/α,β-unsaturated/α-hetero) is 1. The van der Waals surface area contributed by atoms with Gasteiger partial charge in [0.2, 0.25) is 5.91 Å². The Labute approximate surface area is 159 Å². The molecule has 140 valence electrons. The first-order valence-electron chi connectivity index (χ1n) is 8.57. The highest BCUT2D eigenvalue weighted by Gasteiger charge is 2.19. The van der Waals surface area contributed by atoms with Crippen molar-refractivity contribution in [1.82, 2.24) is 20.2 Å². The summed E-state index contributed by atoms with van der Waals surface area (Å²) < 4.78 is 6.55. The second kappa shape index (κ2) is 7.39. The highest BCUT2D eigenvalue weighted by atomic mass is 16.5. The first kappa shape index (κ1) is 17.5. The number of para-hydroxylation sites is 1. The number of aromatic nitrogens is 4.